The SMILES string of the molecule is O=C(N[C@H](C/C=C/c1ccccc1)C(=O)O)C1CC1. The monoisotopic (exact) mass is 259 g/mol. The van der Waals surface area contributed by atoms with Gasteiger partial charge in [-0.1, -0.05) is 42.5 Å². The van der Waals surface area contributed by atoms with Gasteiger partial charge in [0.25, 0.3) is 0 Å². The fraction of sp³-hybridized carbons (Fsp3) is 0.333. The Bertz CT molecular complexity index is 477. The molecular weight excluding hydrogens is 242 g/mol. The zero-order chi connectivity index (χ0) is 13.7. The summed E-state index contributed by atoms with van der Waals surface area (Å²) in [7, 11) is 0. The highest BCUT2D eigenvalue weighted by Crippen LogP contribution is 2.28. The van der Waals surface area contributed by atoms with Crippen LogP contribution < -0.4 is 5.32 Å². The van der Waals surface area contributed by atoms with Crippen molar-refractivity contribution in [2.75, 3.05) is 0 Å². The Balaban J connectivity index is 1.88. The molecule has 1 aromatic carbocycles. The molecule has 0 aliphatic heterocycles. The summed E-state index contributed by atoms with van der Waals surface area (Å²) in [5.41, 5.74) is 1.01. The molecule has 1 saturated carbocycles. The van der Waals surface area contributed by atoms with Gasteiger partial charge >= 0.3 is 5.97 Å². The maximum absolute atomic E-state index is 11.6. The van der Waals surface area contributed by atoms with E-state index in [4.69, 9.17) is 5.11 Å². The van der Waals surface area contributed by atoms with Gasteiger partial charge in [-0.05, 0) is 24.8 Å². The molecule has 0 spiro atoms. The van der Waals surface area contributed by atoms with Crippen molar-refractivity contribution in [3.05, 3.63) is 42.0 Å². The van der Waals surface area contributed by atoms with E-state index in [1.165, 1.54) is 0 Å². The van der Waals surface area contributed by atoms with E-state index >= 15 is 0 Å². The number of carbonyl (C=O) groups is 2. The van der Waals surface area contributed by atoms with Crippen LogP contribution in [0, 0.1) is 5.92 Å². The zero-order valence-corrected chi connectivity index (χ0v) is 10.6. The lowest BCUT2D eigenvalue weighted by Gasteiger charge is -2.12. The van der Waals surface area contributed by atoms with Crippen LogP contribution in [0.1, 0.15) is 24.8 Å². The van der Waals surface area contributed by atoms with Gasteiger partial charge in [0.2, 0.25) is 5.91 Å². The fourth-order valence-electron chi connectivity index (χ4n) is 1.76. The van der Waals surface area contributed by atoms with Gasteiger partial charge in [-0.25, -0.2) is 4.79 Å². The molecule has 0 radical (unpaired) electrons. The Kier molecular flexibility index (Phi) is 4.34. The highest BCUT2D eigenvalue weighted by Gasteiger charge is 2.32. The Hall–Kier alpha value is -2.10. The maximum atomic E-state index is 11.6. The Morgan fingerprint density at radius 3 is 2.58 bits per heavy atom. The minimum Gasteiger partial charge on any atom is -0.480 e. The molecule has 1 aliphatic carbocycles. The Labute approximate surface area is 112 Å². The smallest absolute Gasteiger partial charge is 0.326 e. The molecule has 100 valence electrons. The number of benzene rings is 1. The molecule has 0 unspecified atom stereocenters. The van der Waals surface area contributed by atoms with Crippen molar-refractivity contribution in [1.29, 1.82) is 0 Å². The molecule has 0 saturated heterocycles. The second-order valence-corrected chi connectivity index (χ2v) is 4.72. The molecule has 2 rings (SSSR count). The molecule has 1 fully saturated rings. The highest BCUT2D eigenvalue weighted by atomic mass is 16.4. The van der Waals surface area contributed by atoms with Crippen LogP contribution >= 0.6 is 0 Å². The molecule has 1 aromatic rings. The number of nitrogens with one attached hydrogen (secondary N) is 1. The van der Waals surface area contributed by atoms with Crippen LogP contribution in [0.15, 0.2) is 36.4 Å². The summed E-state index contributed by atoms with van der Waals surface area (Å²) in [4.78, 5) is 22.6. The summed E-state index contributed by atoms with van der Waals surface area (Å²) in [6, 6.07) is 8.80. The summed E-state index contributed by atoms with van der Waals surface area (Å²) >= 11 is 0. The summed E-state index contributed by atoms with van der Waals surface area (Å²) < 4.78 is 0. The molecule has 1 aliphatic rings. The molecule has 4 nitrogen and oxygen atoms in total. The summed E-state index contributed by atoms with van der Waals surface area (Å²) in [6.07, 6.45) is 5.68. The number of carboxylic acid groups (broad SMARTS) is 1. The van der Waals surface area contributed by atoms with Crippen LogP contribution in [0.2, 0.25) is 0 Å². The lowest BCUT2D eigenvalue weighted by atomic mass is 10.1. The number of aliphatic carboxylic acids is 1. The van der Waals surface area contributed by atoms with Crippen molar-refractivity contribution in [1.82, 2.24) is 5.32 Å². The minimum absolute atomic E-state index is 0.0277. The van der Waals surface area contributed by atoms with Crippen molar-refractivity contribution in [2.45, 2.75) is 25.3 Å². The van der Waals surface area contributed by atoms with Crippen molar-refractivity contribution in [2.24, 2.45) is 5.92 Å². The van der Waals surface area contributed by atoms with Gasteiger partial charge < -0.3 is 10.4 Å². The van der Waals surface area contributed by atoms with Crippen LogP contribution in [-0.2, 0) is 9.59 Å². The molecular formula is C15H17NO3. The lowest BCUT2D eigenvalue weighted by Crippen LogP contribution is -2.41. The Morgan fingerprint density at radius 1 is 1.32 bits per heavy atom. The zero-order valence-electron chi connectivity index (χ0n) is 10.6. The molecule has 0 bridgehead atoms. The van der Waals surface area contributed by atoms with Gasteiger partial charge in [0.15, 0.2) is 0 Å². The first kappa shape index (κ1) is 13.3. The van der Waals surface area contributed by atoms with Crippen LogP contribution in [0.25, 0.3) is 6.08 Å². The van der Waals surface area contributed by atoms with Gasteiger partial charge in [0, 0.05) is 5.92 Å². The average Bonchev–Trinajstić information content (AvgIpc) is 3.22. The van der Waals surface area contributed by atoms with E-state index < -0.39 is 12.0 Å². The van der Waals surface area contributed by atoms with Crippen molar-refractivity contribution < 1.29 is 14.7 Å². The molecule has 0 heterocycles. The largest absolute Gasteiger partial charge is 0.480 e. The van der Waals surface area contributed by atoms with Gasteiger partial charge in [0.05, 0.1) is 0 Å². The molecule has 1 atom stereocenters. The third kappa shape index (κ3) is 4.25. The topological polar surface area (TPSA) is 66.4 Å². The quantitative estimate of drug-likeness (QED) is 0.821. The molecule has 19 heavy (non-hydrogen) atoms. The normalized spacial score (nSPS) is 16.2. The highest BCUT2D eigenvalue weighted by molar-refractivity contribution is 5.86. The van der Waals surface area contributed by atoms with Gasteiger partial charge in [0.1, 0.15) is 6.04 Å². The maximum Gasteiger partial charge on any atom is 0.326 e. The third-order valence-corrected chi connectivity index (χ3v) is 3.04. The van der Waals surface area contributed by atoms with Crippen molar-refractivity contribution in [3.8, 4) is 0 Å². The molecule has 1 amide bonds. The second kappa shape index (κ2) is 6.18. The van der Waals surface area contributed by atoms with E-state index in [2.05, 4.69) is 5.32 Å². The van der Waals surface area contributed by atoms with E-state index in [0.29, 0.717) is 6.42 Å². The number of carboxylic acids is 1. The predicted molar refractivity (Wildman–Crippen MR) is 72.4 cm³/mol. The fourth-order valence-corrected chi connectivity index (χ4v) is 1.76. The Morgan fingerprint density at radius 2 is 2.00 bits per heavy atom. The standard InChI is InChI=1S/C15H17NO3/c17-14(12-9-10-12)16-13(15(18)19)8-4-7-11-5-2-1-3-6-11/h1-7,12-13H,8-10H2,(H,16,17)(H,18,19)/b7-4+/t13-/m1/s1. The van der Waals surface area contributed by atoms with E-state index in [1.807, 2.05) is 36.4 Å². The van der Waals surface area contributed by atoms with Gasteiger partial charge in [-0.15, -0.1) is 0 Å². The van der Waals surface area contributed by atoms with Crippen molar-refractivity contribution in [3.63, 3.8) is 0 Å². The van der Waals surface area contributed by atoms with E-state index in [0.717, 1.165) is 18.4 Å². The molecule has 2 N–H and O–H groups in total. The third-order valence-electron chi connectivity index (χ3n) is 3.04. The number of hydrogen-bond donors (Lipinski definition) is 2. The average molecular weight is 259 g/mol. The molecule has 4 heteroatoms. The number of amides is 1. The van der Waals surface area contributed by atoms with Crippen LogP contribution in [0.3, 0.4) is 0 Å². The lowest BCUT2D eigenvalue weighted by molar-refractivity contribution is -0.141. The summed E-state index contributed by atoms with van der Waals surface area (Å²) in [5.74, 6) is -1.10. The first-order chi connectivity index (χ1) is 9.16. The van der Waals surface area contributed by atoms with Crippen molar-refractivity contribution >= 4 is 18.0 Å². The number of hydrogen-bond acceptors (Lipinski definition) is 2. The number of carbonyl (C=O) groups excluding carboxylic acids is 1. The van der Waals surface area contributed by atoms with Crippen LogP contribution in [-0.4, -0.2) is 23.0 Å². The first-order valence-electron chi connectivity index (χ1n) is 6.41. The first-order valence-corrected chi connectivity index (χ1v) is 6.41. The van der Waals surface area contributed by atoms with Gasteiger partial charge in [-0.2, -0.15) is 0 Å². The second-order valence-electron chi connectivity index (χ2n) is 4.72. The van der Waals surface area contributed by atoms with Crippen LogP contribution in [0.5, 0.6) is 0 Å². The van der Waals surface area contributed by atoms with Crippen LogP contribution in [0.4, 0.5) is 0 Å². The molecule has 0 aromatic heterocycles. The van der Waals surface area contributed by atoms with E-state index in [-0.39, 0.29) is 11.8 Å². The summed E-state index contributed by atoms with van der Waals surface area (Å²) in [6.45, 7) is 0. The van der Waals surface area contributed by atoms with E-state index in [9.17, 15) is 9.59 Å². The van der Waals surface area contributed by atoms with Gasteiger partial charge in [-0.3, -0.25) is 4.79 Å². The predicted octanol–water partition coefficient (Wildman–Crippen LogP) is 2.07. The minimum atomic E-state index is -0.994. The van der Waals surface area contributed by atoms with E-state index in [1.54, 1.807) is 6.08 Å². The summed E-state index contributed by atoms with van der Waals surface area (Å²) in [5, 5.41) is 11.6. The number of rotatable bonds is 6.